The predicted octanol–water partition coefficient (Wildman–Crippen LogP) is 4.96. The molecule has 0 aliphatic carbocycles. The van der Waals surface area contributed by atoms with Crippen molar-refractivity contribution >= 4 is 10.8 Å². The number of ether oxygens (including phenoxy) is 1. The van der Waals surface area contributed by atoms with Crippen LogP contribution in [0.4, 0.5) is 4.39 Å². The standard InChI is InChI=1S/C18H15FO/c1-12-6-5-9-16(20-2)17(12)15-11-10-13-7-3-4-8-14(13)18(15)19/h3-11H,1-2H3. The number of halogens is 1. The topological polar surface area (TPSA) is 9.23 Å². The summed E-state index contributed by atoms with van der Waals surface area (Å²) in [5.41, 5.74) is 2.40. The van der Waals surface area contributed by atoms with Gasteiger partial charge in [0.1, 0.15) is 11.6 Å². The lowest BCUT2D eigenvalue weighted by atomic mass is 9.96. The maximum absolute atomic E-state index is 14.8. The van der Waals surface area contributed by atoms with Gasteiger partial charge >= 0.3 is 0 Å². The van der Waals surface area contributed by atoms with Crippen LogP contribution in [0.2, 0.25) is 0 Å². The van der Waals surface area contributed by atoms with Crippen molar-refractivity contribution in [3.8, 4) is 16.9 Å². The van der Waals surface area contributed by atoms with Crippen molar-refractivity contribution in [3.63, 3.8) is 0 Å². The Morgan fingerprint density at radius 2 is 1.70 bits per heavy atom. The van der Waals surface area contributed by atoms with Crippen LogP contribution in [-0.2, 0) is 0 Å². The lowest BCUT2D eigenvalue weighted by Crippen LogP contribution is -1.94. The first-order valence-electron chi connectivity index (χ1n) is 6.53. The normalized spacial score (nSPS) is 10.8. The van der Waals surface area contributed by atoms with Crippen LogP contribution in [0, 0.1) is 12.7 Å². The van der Waals surface area contributed by atoms with Gasteiger partial charge in [-0.15, -0.1) is 0 Å². The van der Waals surface area contributed by atoms with Crippen molar-refractivity contribution in [2.75, 3.05) is 7.11 Å². The molecule has 0 N–H and O–H groups in total. The highest BCUT2D eigenvalue weighted by Crippen LogP contribution is 2.36. The van der Waals surface area contributed by atoms with E-state index >= 15 is 0 Å². The van der Waals surface area contributed by atoms with Crippen LogP contribution in [0.1, 0.15) is 5.56 Å². The highest BCUT2D eigenvalue weighted by atomic mass is 19.1. The van der Waals surface area contributed by atoms with Crippen molar-refractivity contribution in [2.24, 2.45) is 0 Å². The Morgan fingerprint density at radius 3 is 2.50 bits per heavy atom. The maximum atomic E-state index is 14.8. The first-order chi connectivity index (χ1) is 9.72. The van der Waals surface area contributed by atoms with Crippen molar-refractivity contribution < 1.29 is 9.13 Å². The van der Waals surface area contributed by atoms with Crippen LogP contribution in [0.3, 0.4) is 0 Å². The molecule has 20 heavy (non-hydrogen) atoms. The second kappa shape index (κ2) is 4.97. The summed E-state index contributed by atoms with van der Waals surface area (Å²) in [5, 5.41) is 1.54. The van der Waals surface area contributed by atoms with Gasteiger partial charge in [-0.2, -0.15) is 0 Å². The summed E-state index contributed by atoms with van der Waals surface area (Å²) in [7, 11) is 1.61. The molecule has 0 radical (unpaired) electrons. The molecular formula is C18H15FO. The van der Waals surface area contributed by atoms with Gasteiger partial charge in [0.05, 0.1) is 7.11 Å². The lowest BCUT2D eigenvalue weighted by molar-refractivity contribution is 0.416. The zero-order valence-electron chi connectivity index (χ0n) is 11.5. The molecule has 0 saturated carbocycles. The van der Waals surface area contributed by atoms with Gasteiger partial charge in [-0.05, 0) is 23.9 Å². The van der Waals surface area contributed by atoms with Crippen LogP contribution in [0.25, 0.3) is 21.9 Å². The minimum atomic E-state index is -0.198. The van der Waals surface area contributed by atoms with Gasteiger partial charge in [0.2, 0.25) is 0 Å². The summed E-state index contributed by atoms with van der Waals surface area (Å²) in [6, 6.07) is 17.0. The van der Waals surface area contributed by atoms with Gasteiger partial charge in [0.15, 0.2) is 0 Å². The summed E-state index contributed by atoms with van der Waals surface area (Å²) in [4.78, 5) is 0. The van der Waals surface area contributed by atoms with E-state index in [0.29, 0.717) is 16.7 Å². The molecule has 3 rings (SSSR count). The molecular weight excluding hydrogens is 251 g/mol. The number of hydrogen-bond donors (Lipinski definition) is 0. The van der Waals surface area contributed by atoms with E-state index in [1.807, 2.05) is 55.5 Å². The fourth-order valence-electron chi connectivity index (χ4n) is 2.58. The number of aryl methyl sites for hydroxylation is 1. The molecule has 0 aliphatic rings. The summed E-state index contributed by atoms with van der Waals surface area (Å²) < 4.78 is 20.2. The third kappa shape index (κ3) is 1.94. The van der Waals surface area contributed by atoms with Crippen LogP contribution in [0.5, 0.6) is 5.75 Å². The van der Waals surface area contributed by atoms with Crippen LogP contribution in [0.15, 0.2) is 54.6 Å². The molecule has 0 fully saturated rings. The van der Waals surface area contributed by atoms with Gasteiger partial charge in [-0.3, -0.25) is 0 Å². The van der Waals surface area contributed by atoms with Crippen molar-refractivity contribution in [3.05, 3.63) is 66.0 Å². The van der Waals surface area contributed by atoms with E-state index in [1.54, 1.807) is 13.2 Å². The Hall–Kier alpha value is -2.35. The molecule has 0 aliphatic heterocycles. The molecule has 0 spiro atoms. The summed E-state index contributed by atoms with van der Waals surface area (Å²) >= 11 is 0. The van der Waals surface area contributed by atoms with Crippen LogP contribution < -0.4 is 4.74 Å². The van der Waals surface area contributed by atoms with E-state index in [9.17, 15) is 4.39 Å². The van der Waals surface area contributed by atoms with E-state index in [4.69, 9.17) is 4.74 Å². The van der Waals surface area contributed by atoms with Gasteiger partial charge in [-0.25, -0.2) is 4.39 Å². The van der Waals surface area contributed by atoms with E-state index in [1.165, 1.54) is 0 Å². The Balaban J connectivity index is 2.33. The molecule has 0 saturated heterocycles. The Morgan fingerprint density at radius 1 is 0.900 bits per heavy atom. The predicted molar refractivity (Wildman–Crippen MR) is 80.6 cm³/mol. The highest BCUT2D eigenvalue weighted by molar-refractivity contribution is 5.89. The minimum Gasteiger partial charge on any atom is -0.496 e. The molecule has 0 heterocycles. The average Bonchev–Trinajstić information content (AvgIpc) is 2.48. The second-order valence-corrected chi connectivity index (χ2v) is 4.80. The fraction of sp³-hybridized carbons (Fsp3) is 0.111. The first kappa shape index (κ1) is 12.7. The van der Waals surface area contributed by atoms with E-state index < -0.39 is 0 Å². The van der Waals surface area contributed by atoms with Crippen LogP contribution in [-0.4, -0.2) is 7.11 Å². The molecule has 2 heteroatoms. The van der Waals surface area contributed by atoms with Crippen LogP contribution >= 0.6 is 0 Å². The lowest BCUT2D eigenvalue weighted by Gasteiger charge is -2.13. The average molecular weight is 266 g/mol. The van der Waals surface area contributed by atoms with E-state index in [-0.39, 0.29) is 5.82 Å². The fourth-order valence-corrected chi connectivity index (χ4v) is 2.58. The molecule has 3 aromatic rings. The summed E-state index contributed by atoms with van der Waals surface area (Å²) in [5.74, 6) is 0.495. The summed E-state index contributed by atoms with van der Waals surface area (Å²) in [6.45, 7) is 1.96. The SMILES string of the molecule is COc1cccc(C)c1-c1ccc2ccccc2c1F. The number of methoxy groups -OCH3 is 1. The molecule has 3 aromatic carbocycles. The van der Waals surface area contributed by atoms with Gasteiger partial charge in [0.25, 0.3) is 0 Å². The van der Waals surface area contributed by atoms with Crippen molar-refractivity contribution in [2.45, 2.75) is 6.92 Å². The molecule has 0 aromatic heterocycles. The molecule has 1 nitrogen and oxygen atoms in total. The summed E-state index contributed by atoms with van der Waals surface area (Å²) in [6.07, 6.45) is 0. The zero-order chi connectivity index (χ0) is 14.1. The minimum absolute atomic E-state index is 0.198. The third-order valence-electron chi connectivity index (χ3n) is 3.59. The Labute approximate surface area is 117 Å². The molecule has 0 bridgehead atoms. The largest absolute Gasteiger partial charge is 0.496 e. The molecule has 0 atom stereocenters. The Kier molecular flexibility index (Phi) is 3.15. The number of fused-ring (bicyclic) bond motifs is 1. The zero-order valence-corrected chi connectivity index (χ0v) is 11.5. The number of benzene rings is 3. The molecule has 100 valence electrons. The van der Waals surface area contributed by atoms with E-state index in [0.717, 1.165) is 16.5 Å². The number of rotatable bonds is 2. The highest BCUT2D eigenvalue weighted by Gasteiger charge is 2.15. The smallest absolute Gasteiger partial charge is 0.138 e. The molecule has 0 unspecified atom stereocenters. The first-order valence-corrected chi connectivity index (χ1v) is 6.53. The quantitative estimate of drug-likeness (QED) is 0.636. The van der Waals surface area contributed by atoms with Gasteiger partial charge in [0, 0.05) is 16.5 Å². The van der Waals surface area contributed by atoms with Crippen molar-refractivity contribution in [1.82, 2.24) is 0 Å². The second-order valence-electron chi connectivity index (χ2n) is 4.80. The van der Waals surface area contributed by atoms with E-state index in [2.05, 4.69) is 0 Å². The number of hydrogen-bond acceptors (Lipinski definition) is 1. The monoisotopic (exact) mass is 266 g/mol. The van der Waals surface area contributed by atoms with Gasteiger partial charge < -0.3 is 4.74 Å². The maximum Gasteiger partial charge on any atom is 0.138 e. The third-order valence-corrected chi connectivity index (χ3v) is 3.59. The van der Waals surface area contributed by atoms with Gasteiger partial charge in [-0.1, -0.05) is 48.5 Å². The van der Waals surface area contributed by atoms with Crippen molar-refractivity contribution in [1.29, 1.82) is 0 Å². The Bertz CT molecular complexity index is 777. The molecule has 0 amide bonds.